The third kappa shape index (κ3) is 5.89. The molecular weight excluding hydrogens is 300 g/mol. The molecule has 2 N–H and O–H groups in total. The number of anilines is 1. The Bertz CT molecular complexity index is 408. The van der Waals surface area contributed by atoms with Gasteiger partial charge in [0.1, 0.15) is 0 Å². The molecule has 2 nitrogen and oxygen atoms in total. The van der Waals surface area contributed by atoms with Crippen molar-refractivity contribution >= 4 is 29.7 Å². The Morgan fingerprint density at radius 1 is 1.32 bits per heavy atom. The van der Waals surface area contributed by atoms with Crippen molar-refractivity contribution in [2.45, 2.75) is 25.1 Å². The van der Waals surface area contributed by atoms with Gasteiger partial charge in [0.25, 0.3) is 0 Å². The highest BCUT2D eigenvalue weighted by molar-refractivity contribution is 6.31. The van der Waals surface area contributed by atoms with Gasteiger partial charge in [-0.25, -0.2) is 0 Å². The van der Waals surface area contributed by atoms with Crippen molar-refractivity contribution in [1.29, 1.82) is 0 Å². The van der Waals surface area contributed by atoms with E-state index in [2.05, 4.69) is 0 Å². The first-order valence-corrected chi connectivity index (χ1v) is 5.87. The minimum absolute atomic E-state index is 0. The predicted molar refractivity (Wildman–Crippen MR) is 75.2 cm³/mol. The first kappa shape index (κ1) is 18.4. The van der Waals surface area contributed by atoms with E-state index in [9.17, 15) is 13.2 Å². The zero-order valence-electron chi connectivity index (χ0n) is 10.7. The van der Waals surface area contributed by atoms with Crippen molar-refractivity contribution in [3.05, 3.63) is 28.8 Å². The summed E-state index contributed by atoms with van der Waals surface area (Å²) in [5.74, 6) is 0. The molecule has 7 heteroatoms. The fourth-order valence-electron chi connectivity index (χ4n) is 1.57. The molecule has 0 aliphatic carbocycles. The van der Waals surface area contributed by atoms with Crippen LogP contribution < -0.4 is 10.6 Å². The van der Waals surface area contributed by atoms with Crippen LogP contribution in [-0.4, -0.2) is 20.3 Å². The van der Waals surface area contributed by atoms with Crippen LogP contribution in [0, 0.1) is 0 Å². The summed E-state index contributed by atoms with van der Waals surface area (Å²) in [7, 11) is 3.71. The Morgan fingerprint density at radius 3 is 2.32 bits per heavy atom. The zero-order valence-corrected chi connectivity index (χ0v) is 12.2. The van der Waals surface area contributed by atoms with E-state index in [1.165, 1.54) is 0 Å². The second-order valence-corrected chi connectivity index (χ2v) is 4.77. The molecule has 0 bridgehead atoms. The summed E-state index contributed by atoms with van der Waals surface area (Å²) in [5.41, 5.74) is 7.16. The van der Waals surface area contributed by atoms with E-state index in [0.29, 0.717) is 10.6 Å². The third-order valence-corrected chi connectivity index (χ3v) is 2.97. The van der Waals surface area contributed by atoms with Crippen molar-refractivity contribution in [2.75, 3.05) is 19.0 Å². The van der Waals surface area contributed by atoms with Crippen molar-refractivity contribution in [3.63, 3.8) is 0 Å². The molecule has 0 radical (unpaired) electrons. The van der Waals surface area contributed by atoms with Crippen LogP contribution in [0.25, 0.3) is 0 Å². The molecule has 0 heterocycles. The number of benzene rings is 1. The lowest BCUT2D eigenvalue weighted by Crippen LogP contribution is -2.16. The SMILES string of the molecule is CN(C)c1ccc([C@@H](N)CCC(F)(F)F)c(Cl)c1.Cl. The lowest BCUT2D eigenvalue weighted by atomic mass is 10.0. The van der Waals surface area contributed by atoms with Crippen LogP contribution in [0.5, 0.6) is 0 Å². The highest BCUT2D eigenvalue weighted by Gasteiger charge is 2.28. The van der Waals surface area contributed by atoms with Crippen LogP contribution in [0.15, 0.2) is 18.2 Å². The van der Waals surface area contributed by atoms with Gasteiger partial charge in [-0.15, -0.1) is 12.4 Å². The Balaban J connectivity index is 0.00000324. The van der Waals surface area contributed by atoms with E-state index in [1.807, 2.05) is 19.0 Å². The molecule has 1 aromatic rings. The van der Waals surface area contributed by atoms with Crippen molar-refractivity contribution < 1.29 is 13.2 Å². The third-order valence-electron chi connectivity index (χ3n) is 2.64. The second kappa shape index (κ2) is 7.22. The van der Waals surface area contributed by atoms with Gasteiger partial charge in [-0.3, -0.25) is 0 Å². The number of alkyl halides is 3. The van der Waals surface area contributed by atoms with Gasteiger partial charge in [0.05, 0.1) is 0 Å². The Labute approximate surface area is 122 Å². The summed E-state index contributed by atoms with van der Waals surface area (Å²) >= 11 is 6.03. The first-order chi connectivity index (χ1) is 8.20. The first-order valence-electron chi connectivity index (χ1n) is 5.50. The van der Waals surface area contributed by atoms with Crippen LogP contribution in [-0.2, 0) is 0 Å². The lowest BCUT2D eigenvalue weighted by molar-refractivity contribution is -0.136. The Morgan fingerprint density at radius 2 is 1.89 bits per heavy atom. The molecule has 1 rings (SSSR count). The van der Waals surface area contributed by atoms with E-state index in [1.54, 1.807) is 18.2 Å². The topological polar surface area (TPSA) is 29.3 Å². The average molecular weight is 317 g/mol. The molecule has 0 saturated carbocycles. The Hall–Kier alpha value is -0.650. The second-order valence-electron chi connectivity index (χ2n) is 4.36. The monoisotopic (exact) mass is 316 g/mol. The number of nitrogens with two attached hydrogens (primary N) is 1. The van der Waals surface area contributed by atoms with Crippen molar-refractivity contribution in [2.24, 2.45) is 5.73 Å². The standard InChI is InChI=1S/C12H16ClF3N2.ClH/c1-18(2)8-3-4-9(10(13)7-8)11(17)5-6-12(14,15)16;/h3-4,7,11H,5-6,17H2,1-2H3;1H/t11-;/m0./s1. The van der Waals surface area contributed by atoms with Gasteiger partial charge in [-0.05, 0) is 24.1 Å². The maximum absolute atomic E-state index is 12.1. The number of hydrogen-bond acceptors (Lipinski definition) is 2. The summed E-state index contributed by atoms with van der Waals surface area (Å²) in [4.78, 5) is 1.86. The van der Waals surface area contributed by atoms with E-state index in [0.717, 1.165) is 5.69 Å². The van der Waals surface area contributed by atoms with Crippen LogP contribution in [0.1, 0.15) is 24.4 Å². The summed E-state index contributed by atoms with van der Waals surface area (Å²) in [6.07, 6.45) is -5.25. The van der Waals surface area contributed by atoms with E-state index < -0.39 is 18.6 Å². The fourth-order valence-corrected chi connectivity index (χ4v) is 1.88. The van der Waals surface area contributed by atoms with Gasteiger partial charge < -0.3 is 10.6 Å². The van der Waals surface area contributed by atoms with E-state index in [-0.39, 0.29) is 18.8 Å². The minimum Gasteiger partial charge on any atom is -0.378 e. The molecule has 1 aromatic carbocycles. The van der Waals surface area contributed by atoms with Gasteiger partial charge in [-0.1, -0.05) is 17.7 Å². The molecule has 0 aromatic heterocycles. The smallest absolute Gasteiger partial charge is 0.378 e. The van der Waals surface area contributed by atoms with Gasteiger partial charge in [0, 0.05) is 37.3 Å². The molecule has 0 fully saturated rings. The molecule has 0 spiro atoms. The molecule has 0 amide bonds. The van der Waals surface area contributed by atoms with Gasteiger partial charge in [-0.2, -0.15) is 13.2 Å². The Kier molecular flexibility index (Phi) is 6.97. The number of halogens is 5. The van der Waals surface area contributed by atoms with Crippen LogP contribution >= 0.6 is 24.0 Å². The molecular formula is C12H17Cl2F3N2. The molecule has 1 atom stereocenters. The maximum Gasteiger partial charge on any atom is 0.389 e. The fraction of sp³-hybridized carbons (Fsp3) is 0.500. The maximum atomic E-state index is 12.1. The summed E-state index contributed by atoms with van der Waals surface area (Å²) < 4.78 is 36.3. The molecule has 0 saturated heterocycles. The van der Waals surface area contributed by atoms with Gasteiger partial charge in [0.15, 0.2) is 0 Å². The highest BCUT2D eigenvalue weighted by atomic mass is 35.5. The predicted octanol–water partition coefficient (Wildman–Crippen LogP) is 4.17. The van der Waals surface area contributed by atoms with Gasteiger partial charge >= 0.3 is 6.18 Å². The largest absolute Gasteiger partial charge is 0.389 e. The van der Waals surface area contributed by atoms with Crippen LogP contribution in [0.2, 0.25) is 5.02 Å². The molecule has 0 unspecified atom stereocenters. The normalized spacial score (nSPS) is 12.8. The average Bonchev–Trinajstić information content (AvgIpc) is 2.24. The highest BCUT2D eigenvalue weighted by Crippen LogP contribution is 2.31. The molecule has 110 valence electrons. The molecule has 0 aliphatic rings. The summed E-state index contributed by atoms with van der Waals surface area (Å²) in [6.45, 7) is 0. The van der Waals surface area contributed by atoms with Crippen molar-refractivity contribution in [1.82, 2.24) is 0 Å². The van der Waals surface area contributed by atoms with E-state index >= 15 is 0 Å². The number of hydrogen-bond donors (Lipinski definition) is 1. The van der Waals surface area contributed by atoms with Gasteiger partial charge in [0.2, 0.25) is 0 Å². The number of nitrogens with zero attached hydrogens (tertiary/aromatic N) is 1. The number of rotatable bonds is 4. The molecule has 0 aliphatic heterocycles. The van der Waals surface area contributed by atoms with Crippen LogP contribution in [0.3, 0.4) is 0 Å². The summed E-state index contributed by atoms with van der Waals surface area (Å²) in [5, 5.41) is 0.399. The lowest BCUT2D eigenvalue weighted by Gasteiger charge is -2.18. The zero-order chi connectivity index (χ0) is 13.9. The van der Waals surface area contributed by atoms with Crippen LogP contribution in [0.4, 0.5) is 18.9 Å². The molecule has 19 heavy (non-hydrogen) atoms. The quantitative estimate of drug-likeness (QED) is 0.903. The van der Waals surface area contributed by atoms with E-state index in [4.69, 9.17) is 17.3 Å². The van der Waals surface area contributed by atoms with Crippen molar-refractivity contribution in [3.8, 4) is 0 Å². The minimum atomic E-state index is -4.19. The summed E-state index contributed by atoms with van der Waals surface area (Å²) in [6, 6.07) is 4.47.